The minimum atomic E-state index is -0.0850. The fourth-order valence-corrected chi connectivity index (χ4v) is 4.15. The van der Waals surface area contributed by atoms with Gasteiger partial charge in [-0.1, -0.05) is 66.4 Å². The molecule has 0 atom stereocenters. The van der Waals surface area contributed by atoms with E-state index in [1.807, 2.05) is 60.7 Å². The van der Waals surface area contributed by atoms with Gasteiger partial charge in [-0.15, -0.1) is 0 Å². The van der Waals surface area contributed by atoms with E-state index in [0.29, 0.717) is 17.7 Å². The molecule has 0 aromatic heterocycles. The molecule has 3 rings (SSSR count). The van der Waals surface area contributed by atoms with Gasteiger partial charge in [0.05, 0.1) is 11.1 Å². The lowest BCUT2D eigenvalue weighted by atomic mass is 10.2. The molecule has 3 aromatic rings. The monoisotopic (exact) mass is 415 g/mol. The van der Waals surface area contributed by atoms with Crippen molar-refractivity contribution in [1.82, 2.24) is 10.2 Å². The van der Waals surface area contributed by atoms with E-state index >= 15 is 0 Å². The molecule has 0 radical (unpaired) electrons. The van der Waals surface area contributed by atoms with Crippen LogP contribution < -0.4 is 5.32 Å². The zero-order valence-electron chi connectivity index (χ0n) is 17.0. The van der Waals surface area contributed by atoms with Gasteiger partial charge in [0.1, 0.15) is 6.07 Å². The van der Waals surface area contributed by atoms with Crippen LogP contribution in [-0.2, 0) is 6.54 Å². The lowest BCUT2D eigenvalue weighted by molar-refractivity contribution is 0.0949. The maximum atomic E-state index is 12.7. The molecule has 4 nitrogen and oxygen atoms in total. The summed E-state index contributed by atoms with van der Waals surface area (Å²) in [7, 11) is 2.09. The lowest BCUT2D eigenvalue weighted by Crippen LogP contribution is -2.28. The summed E-state index contributed by atoms with van der Waals surface area (Å²) in [6, 6.07) is 27.5. The third-order valence-electron chi connectivity index (χ3n) is 4.66. The summed E-state index contributed by atoms with van der Waals surface area (Å²) in [5, 5.41) is 12.3. The summed E-state index contributed by atoms with van der Waals surface area (Å²) in [6.45, 7) is 2.42. The van der Waals surface area contributed by atoms with Gasteiger partial charge in [0.15, 0.2) is 0 Å². The number of hydrogen-bond acceptors (Lipinski definition) is 4. The van der Waals surface area contributed by atoms with Crippen LogP contribution in [0.15, 0.2) is 88.7 Å². The molecule has 30 heavy (non-hydrogen) atoms. The molecule has 0 fully saturated rings. The highest BCUT2D eigenvalue weighted by molar-refractivity contribution is 7.99. The number of hydrogen-bond donors (Lipinski definition) is 1. The van der Waals surface area contributed by atoms with E-state index in [1.54, 1.807) is 6.07 Å². The average molecular weight is 416 g/mol. The second-order valence-electron chi connectivity index (χ2n) is 7.04. The summed E-state index contributed by atoms with van der Waals surface area (Å²) in [5.41, 5.74) is 2.53. The fraction of sp³-hybridized carbons (Fsp3) is 0.200. The molecular weight excluding hydrogens is 390 g/mol. The predicted molar refractivity (Wildman–Crippen MR) is 121 cm³/mol. The molecule has 0 bridgehead atoms. The number of nitriles is 1. The number of rotatable bonds is 9. The predicted octanol–water partition coefficient (Wildman–Crippen LogP) is 4.96. The highest BCUT2D eigenvalue weighted by Gasteiger charge is 2.13. The molecule has 0 saturated carbocycles. The summed E-state index contributed by atoms with van der Waals surface area (Å²) in [6.07, 6.45) is 0.877. The molecule has 0 spiro atoms. The van der Waals surface area contributed by atoms with Crippen molar-refractivity contribution in [3.05, 3.63) is 95.6 Å². The summed E-state index contributed by atoms with van der Waals surface area (Å²) in [4.78, 5) is 16.7. The van der Waals surface area contributed by atoms with Crippen LogP contribution in [0.4, 0.5) is 0 Å². The van der Waals surface area contributed by atoms with Gasteiger partial charge in [-0.2, -0.15) is 5.26 Å². The molecule has 1 amide bonds. The molecule has 1 N–H and O–H groups in total. The molecule has 0 aliphatic heterocycles. The lowest BCUT2D eigenvalue weighted by Gasteiger charge is -2.17. The first-order chi connectivity index (χ1) is 14.7. The quantitative estimate of drug-likeness (QED) is 0.502. The summed E-state index contributed by atoms with van der Waals surface area (Å²) < 4.78 is 0. The second-order valence-corrected chi connectivity index (χ2v) is 8.12. The number of carbonyl (C=O) groups is 1. The number of amides is 1. The van der Waals surface area contributed by atoms with Gasteiger partial charge in [-0.3, -0.25) is 4.79 Å². The van der Waals surface area contributed by atoms with Gasteiger partial charge in [-0.05, 0) is 49.8 Å². The van der Waals surface area contributed by atoms with Crippen molar-refractivity contribution >= 4 is 17.7 Å². The maximum absolute atomic E-state index is 12.7. The Balaban J connectivity index is 1.53. The van der Waals surface area contributed by atoms with E-state index in [1.165, 1.54) is 17.3 Å². The smallest absolute Gasteiger partial charge is 0.252 e. The molecule has 3 aromatic carbocycles. The van der Waals surface area contributed by atoms with Crippen molar-refractivity contribution in [3.8, 4) is 6.07 Å². The van der Waals surface area contributed by atoms with E-state index in [-0.39, 0.29) is 5.91 Å². The van der Waals surface area contributed by atoms with Crippen LogP contribution >= 0.6 is 11.8 Å². The van der Waals surface area contributed by atoms with E-state index < -0.39 is 0 Å². The minimum absolute atomic E-state index is 0.0850. The Morgan fingerprint density at radius 1 is 0.967 bits per heavy atom. The Labute approximate surface area is 182 Å². The van der Waals surface area contributed by atoms with Gasteiger partial charge in [0.25, 0.3) is 5.91 Å². The number of benzene rings is 3. The zero-order chi connectivity index (χ0) is 21.2. The van der Waals surface area contributed by atoms with E-state index in [4.69, 9.17) is 0 Å². The molecular formula is C25H25N3OS. The molecule has 0 unspecified atom stereocenters. The van der Waals surface area contributed by atoms with Crippen LogP contribution in [0.5, 0.6) is 0 Å². The molecule has 5 heteroatoms. The minimum Gasteiger partial charge on any atom is -0.352 e. The molecule has 152 valence electrons. The molecule has 0 heterocycles. The summed E-state index contributed by atoms with van der Waals surface area (Å²) in [5.74, 6) is -0.0850. The van der Waals surface area contributed by atoms with Crippen LogP contribution in [0.3, 0.4) is 0 Å². The van der Waals surface area contributed by atoms with Gasteiger partial charge >= 0.3 is 0 Å². The Bertz CT molecular complexity index is 1010. The van der Waals surface area contributed by atoms with Gasteiger partial charge in [0.2, 0.25) is 0 Å². The van der Waals surface area contributed by atoms with Crippen molar-refractivity contribution in [2.24, 2.45) is 0 Å². The first-order valence-corrected chi connectivity index (χ1v) is 10.8. The maximum Gasteiger partial charge on any atom is 0.252 e. The molecule has 0 aliphatic carbocycles. The Hall–Kier alpha value is -3.07. The first-order valence-electron chi connectivity index (χ1n) is 9.94. The van der Waals surface area contributed by atoms with Crippen LogP contribution in [0.25, 0.3) is 0 Å². The van der Waals surface area contributed by atoms with E-state index in [2.05, 4.69) is 35.5 Å². The van der Waals surface area contributed by atoms with E-state index in [0.717, 1.165) is 29.3 Å². The third-order valence-corrected chi connectivity index (χ3v) is 5.81. The second kappa shape index (κ2) is 11.2. The largest absolute Gasteiger partial charge is 0.352 e. The normalized spacial score (nSPS) is 10.6. The SMILES string of the molecule is CN(CCCNC(=O)c1ccccc1Sc1ccccc1C#N)Cc1ccccc1. The highest BCUT2D eigenvalue weighted by Crippen LogP contribution is 2.32. The Morgan fingerprint density at radius 2 is 1.63 bits per heavy atom. The summed E-state index contributed by atoms with van der Waals surface area (Å²) >= 11 is 1.45. The number of carbonyl (C=O) groups excluding carboxylic acids is 1. The van der Waals surface area contributed by atoms with Crippen LogP contribution in [0.2, 0.25) is 0 Å². The van der Waals surface area contributed by atoms with Crippen LogP contribution in [-0.4, -0.2) is 30.9 Å². The van der Waals surface area contributed by atoms with Crippen molar-refractivity contribution in [1.29, 1.82) is 5.26 Å². The standard InChI is InChI=1S/C25H25N3OS/c1-28(19-20-10-3-2-4-11-20)17-9-16-27-25(29)22-13-6-8-15-24(22)30-23-14-7-5-12-21(23)18-26/h2-8,10-15H,9,16-17,19H2,1H3,(H,27,29). The average Bonchev–Trinajstić information content (AvgIpc) is 2.78. The van der Waals surface area contributed by atoms with Crippen molar-refractivity contribution in [2.45, 2.75) is 22.8 Å². The molecule has 0 saturated heterocycles. The van der Waals surface area contributed by atoms with E-state index in [9.17, 15) is 10.1 Å². The van der Waals surface area contributed by atoms with Gasteiger partial charge < -0.3 is 10.2 Å². The van der Waals surface area contributed by atoms with Crippen LogP contribution in [0.1, 0.15) is 27.9 Å². The van der Waals surface area contributed by atoms with Gasteiger partial charge in [-0.25, -0.2) is 0 Å². The van der Waals surface area contributed by atoms with Crippen molar-refractivity contribution in [2.75, 3.05) is 20.1 Å². The third kappa shape index (κ3) is 6.21. The number of nitrogens with one attached hydrogen (secondary N) is 1. The zero-order valence-corrected chi connectivity index (χ0v) is 17.9. The van der Waals surface area contributed by atoms with Gasteiger partial charge in [0, 0.05) is 22.9 Å². The highest BCUT2D eigenvalue weighted by atomic mass is 32.2. The fourth-order valence-electron chi connectivity index (χ4n) is 3.13. The van der Waals surface area contributed by atoms with Crippen molar-refractivity contribution < 1.29 is 4.79 Å². The Kier molecular flexibility index (Phi) is 8.08. The topological polar surface area (TPSA) is 56.1 Å². The number of nitrogens with zero attached hydrogens (tertiary/aromatic N) is 2. The van der Waals surface area contributed by atoms with Crippen molar-refractivity contribution in [3.63, 3.8) is 0 Å². The molecule has 0 aliphatic rings. The first kappa shape index (κ1) is 21.6. The Morgan fingerprint density at radius 3 is 2.40 bits per heavy atom. The van der Waals surface area contributed by atoms with Crippen LogP contribution in [0, 0.1) is 11.3 Å².